The van der Waals surface area contributed by atoms with Gasteiger partial charge in [0.05, 0.1) is 4.88 Å². The second-order valence-electron chi connectivity index (χ2n) is 3.21. The lowest BCUT2D eigenvalue weighted by Gasteiger charge is -1.96. The smallest absolute Gasteiger partial charge is 0.171 e. The lowest BCUT2D eigenvalue weighted by atomic mass is 10.2. The van der Waals surface area contributed by atoms with Crippen molar-refractivity contribution in [2.45, 2.75) is 6.92 Å². The standard InChI is InChI=1S/C11H7F2NOS/c1-6(15)10-5-14-11(16-10)7-2-3-8(12)9(13)4-7/h2-5H,1H3. The molecule has 1 aromatic heterocycles. The largest absolute Gasteiger partial charge is 0.294 e. The summed E-state index contributed by atoms with van der Waals surface area (Å²) in [5.74, 6) is -1.91. The molecule has 82 valence electrons. The van der Waals surface area contributed by atoms with Crippen molar-refractivity contribution in [2.75, 3.05) is 0 Å². The summed E-state index contributed by atoms with van der Waals surface area (Å²) in [6.07, 6.45) is 1.43. The van der Waals surface area contributed by atoms with Crippen LogP contribution in [-0.2, 0) is 0 Å². The number of hydrogen-bond donors (Lipinski definition) is 0. The van der Waals surface area contributed by atoms with Gasteiger partial charge in [-0.3, -0.25) is 4.79 Å². The molecule has 0 aliphatic rings. The third-order valence-electron chi connectivity index (χ3n) is 2.02. The Morgan fingerprint density at radius 2 is 2.06 bits per heavy atom. The van der Waals surface area contributed by atoms with Crippen LogP contribution in [0.1, 0.15) is 16.6 Å². The molecule has 2 rings (SSSR count). The molecule has 5 heteroatoms. The topological polar surface area (TPSA) is 30.0 Å². The van der Waals surface area contributed by atoms with E-state index in [1.54, 1.807) is 0 Å². The first-order chi connectivity index (χ1) is 7.58. The van der Waals surface area contributed by atoms with Crippen molar-refractivity contribution in [3.63, 3.8) is 0 Å². The number of aromatic nitrogens is 1. The average molecular weight is 239 g/mol. The molecule has 1 aromatic carbocycles. The molecule has 16 heavy (non-hydrogen) atoms. The van der Waals surface area contributed by atoms with E-state index in [1.807, 2.05) is 0 Å². The Labute approximate surface area is 94.6 Å². The molecule has 0 saturated carbocycles. The van der Waals surface area contributed by atoms with Crippen LogP contribution in [0.3, 0.4) is 0 Å². The fourth-order valence-corrected chi connectivity index (χ4v) is 2.01. The van der Waals surface area contributed by atoms with Gasteiger partial charge in [-0.15, -0.1) is 11.3 Å². The Kier molecular flexibility index (Phi) is 2.78. The molecule has 0 aliphatic carbocycles. The van der Waals surface area contributed by atoms with Gasteiger partial charge in [0, 0.05) is 18.7 Å². The summed E-state index contributed by atoms with van der Waals surface area (Å²) in [6, 6.07) is 3.54. The number of benzene rings is 1. The molecule has 1 heterocycles. The minimum atomic E-state index is -0.919. The molecule has 0 bridgehead atoms. The van der Waals surface area contributed by atoms with E-state index < -0.39 is 11.6 Å². The first-order valence-electron chi connectivity index (χ1n) is 4.50. The van der Waals surface area contributed by atoms with Gasteiger partial charge in [0.15, 0.2) is 17.4 Å². The van der Waals surface area contributed by atoms with Crippen LogP contribution < -0.4 is 0 Å². The van der Waals surface area contributed by atoms with Crippen molar-refractivity contribution in [1.82, 2.24) is 4.98 Å². The Morgan fingerprint density at radius 1 is 1.31 bits per heavy atom. The highest BCUT2D eigenvalue weighted by Crippen LogP contribution is 2.26. The molecule has 2 nitrogen and oxygen atoms in total. The molecular formula is C11H7F2NOS. The normalized spacial score (nSPS) is 10.4. The molecule has 0 amide bonds. The molecule has 0 spiro atoms. The van der Waals surface area contributed by atoms with Gasteiger partial charge in [-0.2, -0.15) is 0 Å². The SMILES string of the molecule is CC(=O)c1cnc(-c2ccc(F)c(F)c2)s1. The summed E-state index contributed by atoms with van der Waals surface area (Å²) in [7, 11) is 0. The van der Waals surface area contributed by atoms with Gasteiger partial charge in [-0.1, -0.05) is 0 Å². The number of carbonyl (C=O) groups excluding carboxylic acids is 1. The maximum Gasteiger partial charge on any atom is 0.171 e. The molecule has 0 unspecified atom stereocenters. The van der Waals surface area contributed by atoms with Crippen molar-refractivity contribution >= 4 is 17.1 Å². The first-order valence-corrected chi connectivity index (χ1v) is 5.32. The predicted octanol–water partition coefficient (Wildman–Crippen LogP) is 3.29. The third kappa shape index (κ3) is 1.99. The summed E-state index contributed by atoms with van der Waals surface area (Å²) in [5.41, 5.74) is 0.469. The van der Waals surface area contributed by atoms with Gasteiger partial charge in [0.25, 0.3) is 0 Å². The first kappa shape index (κ1) is 10.9. The van der Waals surface area contributed by atoms with Gasteiger partial charge in [0.1, 0.15) is 5.01 Å². The number of hydrogen-bond acceptors (Lipinski definition) is 3. The second kappa shape index (κ2) is 4.09. The lowest BCUT2D eigenvalue weighted by Crippen LogP contribution is -1.84. The zero-order valence-corrected chi connectivity index (χ0v) is 9.15. The van der Waals surface area contributed by atoms with Crippen LogP contribution in [0.2, 0.25) is 0 Å². The summed E-state index contributed by atoms with van der Waals surface area (Å²) in [5, 5.41) is 0.504. The van der Waals surface area contributed by atoms with Crippen LogP contribution in [-0.4, -0.2) is 10.8 Å². The molecule has 0 radical (unpaired) electrons. The molecule has 0 fully saturated rings. The van der Waals surface area contributed by atoms with Gasteiger partial charge in [0.2, 0.25) is 0 Å². The van der Waals surface area contributed by atoms with Crippen LogP contribution in [0.4, 0.5) is 8.78 Å². The Bertz CT molecular complexity index is 551. The highest BCUT2D eigenvalue weighted by Gasteiger charge is 2.10. The Hall–Kier alpha value is -1.62. The zero-order chi connectivity index (χ0) is 11.7. The van der Waals surface area contributed by atoms with E-state index in [9.17, 15) is 13.6 Å². The third-order valence-corrected chi connectivity index (χ3v) is 3.17. The quantitative estimate of drug-likeness (QED) is 0.753. The highest BCUT2D eigenvalue weighted by molar-refractivity contribution is 7.16. The summed E-state index contributed by atoms with van der Waals surface area (Å²) < 4.78 is 25.7. The minimum Gasteiger partial charge on any atom is -0.294 e. The molecule has 0 atom stereocenters. The highest BCUT2D eigenvalue weighted by atomic mass is 32.1. The summed E-state index contributed by atoms with van der Waals surface area (Å²) >= 11 is 1.16. The van der Waals surface area contributed by atoms with Gasteiger partial charge in [-0.05, 0) is 18.2 Å². The molecule has 0 N–H and O–H groups in total. The van der Waals surface area contributed by atoms with E-state index >= 15 is 0 Å². The summed E-state index contributed by atoms with van der Waals surface area (Å²) in [6.45, 7) is 1.43. The van der Waals surface area contributed by atoms with Gasteiger partial charge < -0.3 is 0 Å². The number of ketones is 1. The van der Waals surface area contributed by atoms with E-state index in [-0.39, 0.29) is 5.78 Å². The lowest BCUT2D eigenvalue weighted by molar-refractivity contribution is 0.102. The predicted molar refractivity (Wildman–Crippen MR) is 57.5 cm³/mol. The van der Waals surface area contributed by atoms with Crippen molar-refractivity contribution in [2.24, 2.45) is 0 Å². The maximum atomic E-state index is 13.0. The van der Waals surface area contributed by atoms with Crippen LogP contribution in [0.25, 0.3) is 10.6 Å². The van der Waals surface area contributed by atoms with E-state index in [0.29, 0.717) is 15.4 Å². The second-order valence-corrected chi connectivity index (χ2v) is 4.25. The molecule has 0 saturated heterocycles. The number of rotatable bonds is 2. The molecular weight excluding hydrogens is 232 g/mol. The Morgan fingerprint density at radius 3 is 2.62 bits per heavy atom. The van der Waals surface area contributed by atoms with Crippen LogP contribution in [0.15, 0.2) is 24.4 Å². The fourth-order valence-electron chi connectivity index (χ4n) is 1.20. The molecule has 2 aromatic rings. The van der Waals surface area contributed by atoms with Crippen LogP contribution >= 0.6 is 11.3 Å². The average Bonchev–Trinajstić information content (AvgIpc) is 2.71. The zero-order valence-electron chi connectivity index (χ0n) is 8.33. The number of nitrogens with zero attached hydrogens (tertiary/aromatic N) is 1. The van der Waals surface area contributed by atoms with E-state index in [1.165, 1.54) is 19.2 Å². The number of halogens is 2. The monoisotopic (exact) mass is 239 g/mol. The number of thiazole rings is 1. The molecule has 0 aliphatic heterocycles. The maximum absolute atomic E-state index is 13.0. The number of carbonyl (C=O) groups is 1. The van der Waals surface area contributed by atoms with E-state index in [0.717, 1.165) is 23.5 Å². The van der Waals surface area contributed by atoms with Crippen LogP contribution in [0.5, 0.6) is 0 Å². The van der Waals surface area contributed by atoms with Gasteiger partial charge >= 0.3 is 0 Å². The Balaban J connectivity index is 2.42. The minimum absolute atomic E-state index is 0.0914. The van der Waals surface area contributed by atoms with Crippen molar-refractivity contribution in [3.05, 3.63) is 40.9 Å². The number of Topliss-reactive ketones (excluding diaryl/α,β-unsaturated/α-hetero) is 1. The van der Waals surface area contributed by atoms with Crippen molar-refractivity contribution in [3.8, 4) is 10.6 Å². The van der Waals surface area contributed by atoms with Crippen molar-refractivity contribution in [1.29, 1.82) is 0 Å². The van der Waals surface area contributed by atoms with Crippen molar-refractivity contribution < 1.29 is 13.6 Å². The van der Waals surface area contributed by atoms with Crippen LogP contribution in [0, 0.1) is 11.6 Å². The van der Waals surface area contributed by atoms with Gasteiger partial charge in [-0.25, -0.2) is 13.8 Å². The fraction of sp³-hybridized carbons (Fsp3) is 0.0909. The van der Waals surface area contributed by atoms with E-state index in [2.05, 4.69) is 4.98 Å². The summed E-state index contributed by atoms with van der Waals surface area (Å²) in [4.78, 5) is 15.5. The van der Waals surface area contributed by atoms with E-state index in [4.69, 9.17) is 0 Å².